The largest absolute Gasteiger partial charge is 0.385 e. The van der Waals surface area contributed by atoms with Crippen molar-refractivity contribution in [2.24, 2.45) is 5.73 Å². The van der Waals surface area contributed by atoms with E-state index in [-0.39, 0.29) is 5.91 Å². The van der Waals surface area contributed by atoms with Crippen LogP contribution in [0.15, 0.2) is 24.3 Å². The minimum atomic E-state index is 0.114. The van der Waals surface area contributed by atoms with Crippen LogP contribution in [0.4, 0.5) is 0 Å². The van der Waals surface area contributed by atoms with E-state index in [1.807, 2.05) is 29.2 Å². The van der Waals surface area contributed by atoms with Gasteiger partial charge < -0.3 is 20.1 Å². The third-order valence-corrected chi connectivity index (χ3v) is 3.31. The third kappa shape index (κ3) is 6.71. The number of carbonyl (C=O) groups is 1. The molecule has 1 rings (SSSR count). The van der Waals surface area contributed by atoms with Gasteiger partial charge in [-0.3, -0.25) is 4.79 Å². The van der Waals surface area contributed by atoms with Crippen LogP contribution in [0.2, 0.25) is 0 Å². The van der Waals surface area contributed by atoms with Crippen LogP contribution < -0.4 is 5.73 Å². The number of benzene rings is 1. The minimum Gasteiger partial charge on any atom is -0.385 e. The zero-order chi connectivity index (χ0) is 15.5. The zero-order valence-corrected chi connectivity index (χ0v) is 13.0. The molecule has 0 aliphatic heterocycles. The van der Waals surface area contributed by atoms with Crippen molar-refractivity contribution >= 4 is 5.91 Å². The molecule has 1 aromatic carbocycles. The summed E-state index contributed by atoms with van der Waals surface area (Å²) in [6, 6.07) is 7.85. The fourth-order valence-electron chi connectivity index (χ4n) is 2.04. The first-order valence-electron chi connectivity index (χ1n) is 7.24. The monoisotopic (exact) mass is 294 g/mol. The lowest BCUT2D eigenvalue weighted by Gasteiger charge is -2.22. The number of hydrogen-bond donors (Lipinski definition) is 1. The Hall–Kier alpha value is -1.43. The summed E-state index contributed by atoms with van der Waals surface area (Å²) in [5.41, 5.74) is 7.65. The first-order chi connectivity index (χ1) is 10.2. The number of carbonyl (C=O) groups excluding carboxylic acids is 1. The second-order valence-electron chi connectivity index (χ2n) is 4.92. The fourth-order valence-corrected chi connectivity index (χ4v) is 2.04. The fraction of sp³-hybridized carbons (Fsp3) is 0.562. The Morgan fingerprint density at radius 1 is 1.05 bits per heavy atom. The summed E-state index contributed by atoms with van der Waals surface area (Å²) < 4.78 is 10.1. The van der Waals surface area contributed by atoms with Crippen LogP contribution in [0.25, 0.3) is 0 Å². The molecule has 5 nitrogen and oxygen atoms in total. The van der Waals surface area contributed by atoms with Crippen molar-refractivity contribution in [3.63, 3.8) is 0 Å². The molecule has 5 heteroatoms. The lowest BCUT2D eigenvalue weighted by atomic mass is 10.1. The molecule has 0 spiro atoms. The van der Waals surface area contributed by atoms with Gasteiger partial charge in [-0.2, -0.15) is 0 Å². The van der Waals surface area contributed by atoms with Crippen molar-refractivity contribution in [3.8, 4) is 0 Å². The van der Waals surface area contributed by atoms with E-state index >= 15 is 0 Å². The number of rotatable bonds is 10. The number of hydrogen-bond acceptors (Lipinski definition) is 4. The maximum Gasteiger partial charge on any atom is 0.227 e. The van der Waals surface area contributed by atoms with Crippen LogP contribution >= 0.6 is 0 Å². The Balaban J connectivity index is 2.56. The summed E-state index contributed by atoms with van der Waals surface area (Å²) in [6.07, 6.45) is 1.24. The standard InChI is InChI=1S/C16H26N2O3/c1-20-10-3-8-18(9-11-21-2)16(19)12-14-4-6-15(13-17)7-5-14/h4-7H,3,8-13,17H2,1-2H3. The molecular formula is C16H26N2O3. The van der Waals surface area contributed by atoms with Gasteiger partial charge in [-0.15, -0.1) is 0 Å². The first kappa shape index (κ1) is 17.6. The molecule has 1 aromatic rings. The van der Waals surface area contributed by atoms with E-state index in [0.717, 1.165) is 17.5 Å². The van der Waals surface area contributed by atoms with E-state index < -0.39 is 0 Å². The predicted molar refractivity (Wildman–Crippen MR) is 83.0 cm³/mol. The highest BCUT2D eigenvalue weighted by Gasteiger charge is 2.13. The van der Waals surface area contributed by atoms with Crippen molar-refractivity contribution < 1.29 is 14.3 Å². The molecule has 0 aliphatic carbocycles. The van der Waals surface area contributed by atoms with Crippen molar-refractivity contribution in [1.82, 2.24) is 4.90 Å². The smallest absolute Gasteiger partial charge is 0.227 e. The number of nitrogens with two attached hydrogens (primary N) is 1. The Kier molecular flexibility index (Phi) is 8.66. The van der Waals surface area contributed by atoms with E-state index in [9.17, 15) is 4.79 Å². The van der Waals surface area contributed by atoms with Gasteiger partial charge in [0.1, 0.15) is 0 Å². The highest BCUT2D eigenvalue weighted by atomic mass is 16.5. The highest BCUT2D eigenvalue weighted by molar-refractivity contribution is 5.78. The second kappa shape index (κ2) is 10.3. The molecule has 0 aliphatic rings. The predicted octanol–water partition coefficient (Wildman–Crippen LogP) is 1.20. The Labute approximate surface area is 127 Å². The van der Waals surface area contributed by atoms with Crippen LogP contribution in [-0.2, 0) is 27.2 Å². The molecular weight excluding hydrogens is 268 g/mol. The van der Waals surface area contributed by atoms with Gasteiger partial charge in [0.2, 0.25) is 5.91 Å². The molecule has 0 fully saturated rings. The normalized spacial score (nSPS) is 10.6. The zero-order valence-electron chi connectivity index (χ0n) is 13.0. The molecule has 2 N–H and O–H groups in total. The molecule has 0 bridgehead atoms. The molecule has 0 heterocycles. The number of ether oxygens (including phenoxy) is 2. The van der Waals surface area contributed by atoms with Gasteiger partial charge in [0.05, 0.1) is 13.0 Å². The average molecular weight is 294 g/mol. The quantitative estimate of drug-likeness (QED) is 0.659. The maximum atomic E-state index is 12.4. The van der Waals surface area contributed by atoms with Crippen molar-refractivity contribution in [2.75, 3.05) is 40.5 Å². The molecule has 0 saturated carbocycles. The van der Waals surface area contributed by atoms with E-state index in [1.165, 1.54) is 0 Å². The maximum absolute atomic E-state index is 12.4. The van der Waals surface area contributed by atoms with Crippen molar-refractivity contribution in [2.45, 2.75) is 19.4 Å². The molecule has 0 atom stereocenters. The summed E-state index contributed by atoms with van der Waals surface area (Å²) >= 11 is 0. The van der Waals surface area contributed by atoms with Crippen LogP contribution in [0.5, 0.6) is 0 Å². The molecule has 0 radical (unpaired) electrons. The molecule has 118 valence electrons. The Morgan fingerprint density at radius 2 is 1.67 bits per heavy atom. The van der Waals surface area contributed by atoms with Crippen LogP contribution in [0.3, 0.4) is 0 Å². The van der Waals surface area contributed by atoms with Gasteiger partial charge in [0, 0.05) is 40.5 Å². The third-order valence-electron chi connectivity index (χ3n) is 3.31. The first-order valence-corrected chi connectivity index (χ1v) is 7.24. The molecule has 0 unspecified atom stereocenters. The van der Waals surface area contributed by atoms with Gasteiger partial charge in [-0.05, 0) is 17.5 Å². The summed E-state index contributed by atoms with van der Waals surface area (Å²) in [6.45, 7) is 3.02. The van der Waals surface area contributed by atoms with E-state index in [1.54, 1.807) is 14.2 Å². The molecule has 0 saturated heterocycles. The summed E-state index contributed by atoms with van der Waals surface area (Å²) in [5, 5.41) is 0. The molecule has 1 amide bonds. The number of amides is 1. The van der Waals surface area contributed by atoms with Gasteiger partial charge in [0.25, 0.3) is 0 Å². The van der Waals surface area contributed by atoms with Crippen molar-refractivity contribution in [1.29, 1.82) is 0 Å². The van der Waals surface area contributed by atoms with Crippen LogP contribution in [0.1, 0.15) is 17.5 Å². The van der Waals surface area contributed by atoms with Crippen LogP contribution in [-0.4, -0.2) is 51.3 Å². The van der Waals surface area contributed by atoms with Crippen molar-refractivity contribution in [3.05, 3.63) is 35.4 Å². The lowest BCUT2D eigenvalue weighted by molar-refractivity contribution is -0.131. The van der Waals surface area contributed by atoms with Gasteiger partial charge in [-0.1, -0.05) is 24.3 Å². The Bertz CT molecular complexity index is 406. The molecule has 21 heavy (non-hydrogen) atoms. The van der Waals surface area contributed by atoms with E-state index in [4.69, 9.17) is 15.2 Å². The topological polar surface area (TPSA) is 64.8 Å². The van der Waals surface area contributed by atoms with Crippen LogP contribution in [0, 0.1) is 0 Å². The Morgan fingerprint density at radius 3 is 2.24 bits per heavy atom. The summed E-state index contributed by atoms with van der Waals surface area (Å²) in [7, 11) is 3.31. The summed E-state index contributed by atoms with van der Waals surface area (Å²) in [5.74, 6) is 0.114. The second-order valence-corrected chi connectivity index (χ2v) is 4.92. The average Bonchev–Trinajstić information content (AvgIpc) is 2.51. The lowest BCUT2D eigenvalue weighted by Crippen LogP contribution is -2.36. The number of nitrogens with zero attached hydrogens (tertiary/aromatic N) is 1. The number of methoxy groups -OCH3 is 2. The molecule has 0 aromatic heterocycles. The SMILES string of the molecule is COCCCN(CCOC)C(=O)Cc1ccc(CN)cc1. The summed E-state index contributed by atoms with van der Waals surface area (Å²) in [4.78, 5) is 14.2. The highest BCUT2D eigenvalue weighted by Crippen LogP contribution is 2.07. The van der Waals surface area contributed by atoms with Gasteiger partial charge in [-0.25, -0.2) is 0 Å². The van der Waals surface area contributed by atoms with E-state index in [0.29, 0.717) is 39.3 Å². The van der Waals surface area contributed by atoms with E-state index in [2.05, 4.69) is 0 Å². The van der Waals surface area contributed by atoms with Gasteiger partial charge >= 0.3 is 0 Å². The minimum absolute atomic E-state index is 0.114. The van der Waals surface area contributed by atoms with Gasteiger partial charge in [0.15, 0.2) is 0 Å².